The van der Waals surface area contributed by atoms with Gasteiger partial charge in [-0.15, -0.1) is 0 Å². The number of hydrogen-bond donors (Lipinski definition) is 0. The lowest BCUT2D eigenvalue weighted by Gasteiger charge is -2.12. The van der Waals surface area contributed by atoms with Gasteiger partial charge in [0.2, 0.25) is 0 Å². The molecule has 0 radical (unpaired) electrons. The maximum absolute atomic E-state index is 12.5. The highest BCUT2D eigenvalue weighted by Crippen LogP contribution is 2.35. The maximum Gasteiger partial charge on any atom is 0.293 e. The molecular formula is C22H22ClNO4S. The third-order valence-corrected chi connectivity index (χ3v) is 5.71. The maximum atomic E-state index is 12.5. The molecule has 2 aromatic carbocycles. The van der Waals surface area contributed by atoms with Crippen LogP contribution in [-0.2, 0) is 11.4 Å². The molecule has 1 aliphatic heterocycles. The number of unbranched alkanes of at least 4 members (excludes halogenated alkanes) is 1. The molecule has 2 aromatic rings. The number of thioether (sulfide) groups is 1. The Morgan fingerprint density at radius 3 is 2.66 bits per heavy atom. The number of hydrogen-bond acceptors (Lipinski definition) is 5. The number of carbonyl (C=O) groups excluding carboxylic acids is 2. The highest BCUT2D eigenvalue weighted by molar-refractivity contribution is 8.18. The van der Waals surface area contributed by atoms with E-state index in [1.807, 2.05) is 37.3 Å². The SMILES string of the molecule is CCCCN1C(=O)SC(=Cc2ccc(OCc3ccccc3Cl)c(OC)c2)C1=O. The molecule has 0 bridgehead atoms. The van der Waals surface area contributed by atoms with Gasteiger partial charge < -0.3 is 9.47 Å². The number of carbonyl (C=O) groups is 2. The van der Waals surface area contributed by atoms with Crippen molar-refractivity contribution in [2.75, 3.05) is 13.7 Å². The Labute approximate surface area is 179 Å². The van der Waals surface area contributed by atoms with Gasteiger partial charge in [-0.3, -0.25) is 14.5 Å². The van der Waals surface area contributed by atoms with Crippen molar-refractivity contribution in [2.45, 2.75) is 26.4 Å². The molecule has 152 valence electrons. The quantitative estimate of drug-likeness (QED) is 0.497. The lowest BCUT2D eigenvalue weighted by atomic mass is 10.1. The summed E-state index contributed by atoms with van der Waals surface area (Å²) >= 11 is 7.13. The summed E-state index contributed by atoms with van der Waals surface area (Å²) in [7, 11) is 1.56. The van der Waals surface area contributed by atoms with E-state index in [0.29, 0.717) is 34.6 Å². The normalized spacial score (nSPS) is 15.3. The number of methoxy groups -OCH3 is 1. The van der Waals surface area contributed by atoms with Gasteiger partial charge >= 0.3 is 0 Å². The topological polar surface area (TPSA) is 55.8 Å². The van der Waals surface area contributed by atoms with Crippen molar-refractivity contribution in [3.05, 3.63) is 63.5 Å². The zero-order chi connectivity index (χ0) is 20.8. The summed E-state index contributed by atoms with van der Waals surface area (Å²) in [5.74, 6) is 0.864. The van der Waals surface area contributed by atoms with Crippen LogP contribution in [0.25, 0.3) is 6.08 Å². The first-order valence-electron chi connectivity index (χ1n) is 9.33. The molecule has 2 amide bonds. The molecular weight excluding hydrogens is 410 g/mol. The van der Waals surface area contributed by atoms with Gasteiger partial charge in [-0.2, -0.15) is 0 Å². The Hall–Kier alpha value is -2.44. The first-order chi connectivity index (χ1) is 14.0. The van der Waals surface area contributed by atoms with Crippen LogP contribution in [0.3, 0.4) is 0 Å². The lowest BCUT2D eigenvalue weighted by molar-refractivity contribution is -0.122. The van der Waals surface area contributed by atoms with Crippen LogP contribution >= 0.6 is 23.4 Å². The number of amides is 2. The van der Waals surface area contributed by atoms with Crippen LogP contribution in [0.1, 0.15) is 30.9 Å². The second kappa shape index (κ2) is 9.85. The summed E-state index contributed by atoms with van der Waals surface area (Å²) in [4.78, 5) is 26.3. The van der Waals surface area contributed by atoms with E-state index in [9.17, 15) is 9.59 Å². The minimum Gasteiger partial charge on any atom is -0.493 e. The molecule has 0 atom stereocenters. The molecule has 0 spiro atoms. The molecule has 1 fully saturated rings. The third kappa shape index (κ3) is 5.14. The monoisotopic (exact) mass is 431 g/mol. The van der Waals surface area contributed by atoms with Gasteiger partial charge in [-0.25, -0.2) is 0 Å². The molecule has 0 saturated carbocycles. The van der Waals surface area contributed by atoms with Crippen LogP contribution < -0.4 is 9.47 Å². The van der Waals surface area contributed by atoms with E-state index < -0.39 is 0 Å². The Morgan fingerprint density at radius 2 is 1.93 bits per heavy atom. The predicted octanol–water partition coefficient (Wildman–Crippen LogP) is 5.76. The molecule has 0 aromatic heterocycles. The molecule has 0 N–H and O–H groups in total. The standard InChI is InChI=1S/C22H22ClNO4S/c1-3-4-11-24-21(25)20(29-22(24)26)13-15-9-10-18(19(12-15)27-2)28-14-16-7-5-6-8-17(16)23/h5-10,12-13H,3-4,11,14H2,1-2H3. The van der Waals surface area contributed by atoms with Gasteiger partial charge in [-0.1, -0.05) is 49.2 Å². The number of imide groups is 1. The Kier molecular flexibility index (Phi) is 7.23. The Balaban J connectivity index is 1.75. The van der Waals surface area contributed by atoms with Gasteiger partial charge in [0, 0.05) is 17.1 Å². The smallest absolute Gasteiger partial charge is 0.293 e. The highest BCUT2D eigenvalue weighted by atomic mass is 35.5. The zero-order valence-corrected chi connectivity index (χ0v) is 17.9. The summed E-state index contributed by atoms with van der Waals surface area (Å²) in [6.45, 7) is 2.79. The number of nitrogens with zero attached hydrogens (tertiary/aromatic N) is 1. The molecule has 0 unspecified atom stereocenters. The van der Waals surface area contributed by atoms with E-state index in [-0.39, 0.29) is 11.1 Å². The van der Waals surface area contributed by atoms with Crippen LogP contribution in [-0.4, -0.2) is 29.7 Å². The van der Waals surface area contributed by atoms with Crippen molar-refractivity contribution in [1.29, 1.82) is 0 Å². The van der Waals surface area contributed by atoms with E-state index in [0.717, 1.165) is 35.7 Å². The van der Waals surface area contributed by atoms with Gasteiger partial charge in [-0.05, 0) is 48.0 Å². The van der Waals surface area contributed by atoms with Crippen molar-refractivity contribution in [3.63, 3.8) is 0 Å². The van der Waals surface area contributed by atoms with Crippen LogP contribution in [0.5, 0.6) is 11.5 Å². The van der Waals surface area contributed by atoms with Crippen molar-refractivity contribution in [3.8, 4) is 11.5 Å². The molecule has 7 heteroatoms. The minimum absolute atomic E-state index is 0.221. The second-order valence-electron chi connectivity index (χ2n) is 6.48. The molecule has 29 heavy (non-hydrogen) atoms. The first-order valence-corrected chi connectivity index (χ1v) is 10.5. The molecule has 1 heterocycles. The summed E-state index contributed by atoms with van der Waals surface area (Å²) in [6.07, 6.45) is 3.43. The van der Waals surface area contributed by atoms with Gasteiger partial charge in [0.25, 0.3) is 11.1 Å². The van der Waals surface area contributed by atoms with E-state index >= 15 is 0 Å². The molecule has 1 saturated heterocycles. The van der Waals surface area contributed by atoms with Crippen molar-refractivity contribution in [1.82, 2.24) is 4.90 Å². The average molecular weight is 432 g/mol. The van der Waals surface area contributed by atoms with E-state index in [4.69, 9.17) is 21.1 Å². The highest BCUT2D eigenvalue weighted by Gasteiger charge is 2.34. The first kappa shape index (κ1) is 21.3. The van der Waals surface area contributed by atoms with Gasteiger partial charge in [0.15, 0.2) is 11.5 Å². The minimum atomic E-state index is -0.244. The van der Waals surface area contributed by atoms with Crippen LogP contribution in [0.2, 0.25) is 5.02 Å². The van der Waals surface area contributed by atoms with Crippen LogP contribution in [0.15, 0.2) is 47.4 Å². The Morgan fingerprint density at radius 1 is 1.14 bits per heavy atom. The molecule has 1 aliphatic rings. The Bertz CT molecular complexity index is 944. The number of ether oxygens (including phenoxy) is 2. The summed E-state index contributed by atoms with van der Waals surface area (Å²) in [5, 5.41) is 0.420. The van der Waals surface area contributed by atoms with Crippen molar-refractivity contribution in [2.24, 2.45) is 0 Å². The average Bonchev–Trinajstić information content (AvgIpc) is 2.99. The van der Waals surface area contributed by atoms with Crippen molar-refractivity contribution < 1.29 is 19.1 Å². The van der Waals surface area contributed by atoms with Gasteiger partial charge in [0.1, 0.15) is 6.61 Å². The summed E-state index contributed by atoms with van der Waals surface area (Å²) in [6, 6.07) is 12.9. The fourth-order valence-electron chi connectivity index (χ4n) is 2.82. The zero-order valence-electron chi connectivity index (χ0n) is 16.3. The summed E-state index contributed by atoms with van der Waals surface area (Å²) in [5.41, 5.74) is 1.63. The lowest BCUT2D eigenvalue weighted by Crippen LogP contribution is -2.29. The van der Waals surface area contributed by atoms with Crippen molar-refractivity contribution >= 4 is 40.6 Å². The molecule has 5 nitrogen and oxygen atoms in total. The molecule has 0 aliphatic carbocycles. The third-order valence-electron chi connectivity index (χ3n) is 4.44. The molecule has 3 rings (SSSR count). The number of rotatable bonds is 8. The van der Waals surface area contributed by atoms with E-state index in [1.54, 1.807) is 25.3 Å². The number of halogens is 1. The van der Waals surface area contributed by atoms with E-state index in [1.165, 1.54) is 4.90 Å². The summed E-state index contributed by atoms with van der Waals surface area (Å²) < 4.78 is 11.3. The second-order valence-corrected chi connectivity index (χ2v) is 7.88. The number of benzene rings is 2. The van der Waals surface area contributed by atoms with Crippen LogP contribution in [0.4, 0.5) is 4.79 Å². The van der Waals surface area contributed by atoms with Gasteiger partial charge in [0.05, 0.1) is 12.0 Å². The van der Waals surface area contributed by atoms with Crippen LogP contribution in [0, 0.1) is 0 Å². The fourth-order valence-corrected chi connectivity index (χ4v) is 3.88. The largest absolute Gasteiger partial charge is 0.493 e. The fraction of sp³-hybridized carbons (Fsp3) is 0.273. The predicted molar refractivity (Wildman–Crippen MR) is 116 cm³/mol. The van der Waals surface area contributed by atoms with E-state index in [2.05, 4.69) is 0 Å².